The second kappa shape index (κ2) is 34.8. The molecule has 1 unspecified atom stereocenters. The third kappa shape index (κ3) is 33.9. The predicted octanol–water partition coefficient (Wildman–Crippen LogP) is 7.95. The molecule has 0 saturated carbocycles. The number of rotatable bonds is 34. The van der Waals surface area contributed by atoms with Crippen LogP contribution >= 0.6 is 7.82 Å². The Morgan fingerprint density at radius 3 is 1.37 bits per heavy atom. The molecule has 3 N–H and O–H groups in total. The smallest absolute Gasteiger partial charge is 0.462 e. The zero-order valence-electron chi connectivity index (χ0n) is 29.6. The van der Waals surface area contributed by atoms with E-state index in [1.807, 2.05) is 0 Å². The van der Waals surface area contributed by atoms with Crippen LogP contribution in [0.25, 0.3) is 0 Å². The molecule has 0 aliphatic rings. The Balaban J connectivity index is 0. The van der Waals surface area contributed by atoms with Crippen molar-refractivity contribution in [3.8, 4) is 0 Å². The van der Waals surface area contributed by atoms with E-state index in [2.05, 4.69) is 18.4 Å². The number of phosphoric ester groups is 1. The molecule has 12 heteroatoms. The Bertz CT molecular complexity index is 743. The summed E-state index contributed by atoms with van der Waals surface area (Å²) in [6.45, 7) is 2.35. The second-order valence-corrected chi connectivity index (χ2v) is 13.7. The van der Waals surface area contributed by atoms with Crippen LogP contribution in [0.2, 0.25) is 0 Å². The monoisotopic (exact) mass is 689 g/mol. The molecule has 1 radical (unpaired) electrons. The summed E-state index contributed by atoms with van der Waals surface area (Å²) in [6, 6.07) is 0. The van der Waals surface area contributed by atoms with Gasteiger partial charge in [0.15, 0.2) is 6.10 Å². The van der Waals surface area contributed by atoms with E-state index in [4.69, 9.17) is 19.1 Å². The average molecular weight is 690 g/mol. The van der Waals surface area contributed by atoms with Gasteiger partial charge in [0.1, 0.15) is 12.7 Å². The molecule has 0 aliphatic carbocycles. The molecular formula is C34H67NaO10P. The number of aliphatic hydroxyl groups excluding tert-OH is 2. The van der Waals surface area contributed by atoms with E-state index in [9.17, 15) is 24.2 Å². The number of hydrogen-bond donors (Lipinski definition) is 3. The molecule has 269 valence electrons. The summed E-state index contributed by atoms with van der Waals surface area (Å²) in [5.41, 5.74) is 0. The molecule has 0 heterocycles. The molecule has 0 fully saturated rings. The fraction of sp³-hybridized carbons (Fsp3) is 0.941. The molecule has 0 aromatic carbocycles. The minimum Gasteiger partial charge on any atom is -0.462 e. The average Bonchev–Trinajstić information content (AvgIpc) is 3.02. The number of unbranched alkanes of at least 4 members (excludes halogenated alkanes) is 20. The summed E-state index contributed by atoms with van der Waals surface area (Å²) in [7, 11) is -4.60. The summed E-state index contributed by atoms with van der Waals surface area (Å²) in [5, 5.41) is 18.2. The van der Waals surface area contributed by atoms with Crippen molar-refractivity contribution in [1.29, 1.82) is 0 Å². The maximum Gasteiger partial charge on any atom is 0.472 e. The quantitative estimate of drug-likeness (QED) is 0.0263. The van der Waals surface area contributed by atoms with Gasteiger partial charge in [-0.1, -0.05) is 142 Å². The third-order valence-electron chi connectivity index (χ3n) is 7.76. The molecule has 3 atom stereocenters. The molecule has 0 amide bonds. The number of hydrogen-bond acceptors (Lipinski definition) is 9. The van der Waals surface area contributed by atoms with Crippen LogP contribution in [0.15, 0.2) is 0 Å². The Labute approximate surface area is 302 Å². The Morgan fingerprint density at radius 2 is 0.957 bits per heavy atom. The Morgan fingerprint density at radius 1 is 0.587 bits per heavy atom. The van der Waals surface area contributed by atoms with Crippen LogP contribution in [0.5, 0.6) is 0 Å². The van der Waals surface area contributed by atoms with E-state index >= 15 is 0 Å². The Kier molecular flexibility index (Phi) is 36.4. The molecule has 0 spiro atoms. The van der Waals surface area contributed by atoms with E-state index in [-0.39, 0.29) is 49.0 Å². The van der Waals surface area contributed by atoms with Crippen molar-refractivity contribution >= 4 is 49.3 Å². The van der Waals surface area contributed by atoms with Gasteiger partial charge in [0.2, 0.25) is 0 Å². The van der Waals surface area contributed by atoms with Crippen LogP contribution in [0, 0.1) is 0 Å². The SMILES string of the molecule is CCCCCCCCCCCCCC(=O)OC[C@H](COP(=O)(O)OC[C@H](O)CO)OC(=O)CCCCCCCCCCCCC.[Na]. The largest absolute Gasteiger partial charge is 0.472 e. The van der Waals surface area contributed by atoms with Crippen LogP contribution in [0.1, 0.15) is 168 Å². The normalized spacial score (nSPS) is 13.8. The van der Waals surface area contributed by atoms with Crippen molar-refractivity contribution < 1.29 is 47.8 Å². The van der Waals surface area contributed by atoms with E-state index in [0.717, 1.165) is 38.5 Å². The Hall–Kier alpha value is -0.0300. The standard InChI is InChI=1S/C34H67O10P.Na/c1-3-5-7-9-11-13-15-17-19-21-23-25-33(37)41-29-32(30-43-45(39,40)42-28-31(36)27-35)44-34(38)26-24-22-20-18-16-14-12-10-8-6-4-2;/h31-32,35-36H,3-30H2,1-2H3,(H,39,40);/t31-,32-;/m1./s1. The van der Waals surface area contributed by atoms with Crippen molar-refractivity contribution in [1.82, 2.24) is 0 Å². The zero-order chi connectivity index (χ0) is 33.4. The van der Waals surface area contributed by atoms with E-state index in [0.29, 0.717) is 12.8 Å². The first-order valence-corrected chi connectivity index (χ1v) is 19.5. The van der Waals surface area contributed by atoms with Crippen molar-refractivity contribution in [3.05, 3.63) is 0 Å². The molecule has 0 saturated heterocycles. The van der Waals surface area contributed by atoms with Gasteiger partial charge in [0.25, 0.3) is 0 Å². The van der Waals surface area contributed by atoms with Gasteiger partial charge in [-0.05, 0) is 12.8 Å². The fourth-order valence-electron chi connectivity index (χ4n) is 4.93. The minimum absolute atomic E-state index is 0. The van der Waals surface area contributed by atoms with Crippen molar-refractivity contribution in [2.45, 2.75) is 180 Å². The van der Waals surface area contributed by atoms with Crippen LogP contribution < -0.4 is 0 Å². The number of ether oxygens (including phenoxy) is 2. The van der Waals surface area contributed by atoms with Gasteiger partial charge in [-0.15, -0.1) is 0 Å². The number of phosphoric acid groups is 1. The van der Waals surface area contributed by atoms with Gasteiger partial charge in [0.05, 0.1) is 19.8 Å². The molecule has 0 aromatic rings. The predicted molar refractivity (Wildman–Crippen MR) is 184 cm³/mol. The first-order valence-electron chi connectivity index (χ1n) is 18.0. The van der Waals surface area contributed by atoms with Crippen molar-refractivity contribution in [2.75, 3.05) is 26.4 Å². The summed E-state index contributed by atoms with van der Waals surface area (Å²) >= 11 is 0. The van der Waals surface area contributed by atoms with Gasteiger partial charge in [-0.25, -0.2) is 4.57 Å². The number of esters is 2. The van der Waals surface area contributed by atoms with Gasteiger partial charge in [-0.2, -0.15) is 0 Å². The molecule has 0 aliphatic heterocycles. The van der Waals surface area contributed by atoms with Gasteiger partial charge >= 0.3 is 19.8 Å². The van der Waals surface area contributed by atoms with E-state index in [1.165, 1.54) is 89.9 Å². The molecule has 0 aromatic heterocycles. The van der Waals surface area contributed by atoms with Gasteiger partial charge < -0.3 is 24.6 Å². The first kappa shape index (κ1) is 48.1. The van der Waals surface area contributed by atoms with Crippen molar-refractivity contribution in [3.63, 3.8) is 0 Å². The summed E-state index contributed by atoms with van der Waals surface area (Å²) in [5.74, 6) is -0.919. The number of aliphatic hydroxyl groups is 2. The maximum absolute atomic E-state index is 12.5. The van der Waals surface area contributed by atoms with Crippen LogP contribution in [0.4, 0.5) is 0 Å². The third-order valence-corrected chi connectivity index (χ3v) is 8.71. The second-order valence-electron chi connectivity index (χ2n) is 12.3. The van der Waals surface area contributed by atoms with Gasteiger partial charge in [0, 0.05) is 42.4 Å². The number of carbonyl (C=O) groups is 2. The van der Waals surface area contributed by atoms with Crippen molar-refractivity contribution in [2.24, 2.45) is 0 Å². The molecule has 0 rings (SSSR count). The van der Waals surface area contributed by atoms with E-state index in [1.54, 1.807) is 0 Å². The molecule has 0 bridgehead atoms. The first-order chi connectivity index (χ1) is 21.7. The van der Waals surface area contributed by atoms with Crippen LogP contribution in [0.3, 0.4) is 0 Å². The number of carbonyl (C=O) groups excluding carboxylic acids is 2. The summed E-state index contributed by atoms with van der Waals surface area (Å²) in [6.07, 6.45) is 23.6. The minimum atomic E-state index is -4.60. The molecule has 10 nitrogen and oxygen atoms in total. The molecular weight excluding hydrogens is 622 g/mol. The van der Waals surface area contributed by atoms with Crippen LogP contribution in [-0.2, 0) is 32.7 Å². The van der Waals surface area contributed by atoms with Crippen LogP contribution in [-0.4, -0.2) is 95.2 Å². The zero-order valence-corrected chi connectivity index (χ0v) is 32.5. The van der Waals surface area contributed by atoms with E-state index < -0.39 is 51.8 Å². The fourth-order valence-corrected chi connectivity index (χ4v) is 5.72. The molecule has 46 heavy (non-hydrogen) atoms. The topological polar surface area (TPSA) is 149 Å². The van der Waals surface area contributed by atoms with Gasteiger partial charge in [-0.3, -0.25) is 18.6 Å². The maximum atomic E-state index is 12.5. The summed E-state index contributed by atoms with van der Waals surface area (Å²) in [4.78, 5) is 34.7. The summed E-state index contributed by atoms with van der Waals surface area (Å²) < 4.78 is 32.5.